The Balaban J connectivity index is 2.79. The highest BCUT2D eigenvalue weighted by atomic mass is 32.3. The number of fused-ring (bicyclic) bond motifs is 1. The van der Waals surface area contributed by atoms with Crippen molar-refractivity contribution in [1.29, 1.82) is 0 Å². The van der Waals surface area contributed by atoms with Gasteiger partial charge in [-0.05, 0) is 18.2 Å². The van der Waals surface area contributed by atoms with Gasteiger partial charge in [-0.1, -0.05) is 0 Å². The third-order valence-corrected chi connectivity index (χ3v) is 2.82. The lowest BCUT2D eigenvalue weighted by Gasteiger charge is -1.96. The molecule has 1 aromatic carbocycles. The van der Waals surface area contributed by atoms with Crippen LogP contribution in [0.2, 0.25) is 0 Å². The van der Waals surface area contributed by atoms with Gasteiger partial charge in [0.15, 0.2) is 0 Å². The maximum atomic E-state index is 12.6. The van der Waals surface area contributed by atoms with E-state index in [0.29, 0.717) is 5.52 Å². The fourth-order valence-electron chi connectivity index (χ4n) is 1.28. The zero-order chi connectivity index (χ0) is 10.3. The average Bonchev–Trinajstić information content (AvgIpc) is 2.46. The van der Waals surface area contributed by atoms with E-state index in [9.17, 15) is 12.3 Å². The van der Waals surface area contributed by atoms with E-state index in [1.807, 2.05) is 0 Å². The predicted molar refractivity (Wildman–Crippen MR) is 49.0 cm³/mol. The van der Waals surface area contributed by atoms with Crippen molar-refractivity contribution >= 4 is 21.1 Å². The van der Waals surface area contributed by atoms with E-state index in [0.717, 1.165) is 5.39 Å². The summed E-state index contributed by atoms with van der Waals surface area (Å²) in [6, 6.07) is 4.01. The highest BCUT2D eigenvalue weighted by molar-refractivity contribution is 7.86. The molecule has 4 nitrogen and oxygen atoms in total. The molecular weight excluding hydrogens is 207 g/mol. The summed E-state index contributed by atoms with van der Waals surface area (Å²) in [6.45, 7) is 0. The zero-order valence-corrected chi connectivity index (χ0v) is 8.12. The Morgan fingerprint density at radius 1 is 1.43 bits per heavy atom. The van der Waals surface area contributed by atoms with Gasteiger partial charge >= 0.3 is 10.2 Å². The largest absolute Gasteiger partial charge is 0.332 e. The molecule has 74 valence electrons. The maximum Gasteiger partial charge on any atom is 0.332 e. The normalized spacial score (nSPS) is 12.1. The highest BCUT2D eigenvalue weighted by Gasteiger charge is 2.13. The molecule has 0 radical (unpaired) electrons. The van der Waals surface area contributed by atoms with Crippen molar-refractivity contribution < 1.29 is 12.3 Å². The second-order valence-corrected chi connectivity index (χ2v) is 4.27. The number of halogens is 1. The second kappa shape index (κ2) is 2.78. The van der Waals surface area contributed by atoms with Crippen LogP contribution in [-0.4, -0.2) is 18.2 Å². The summed E-state index contributed by atoms with van der Waals surface area (Å²) in [4.78, 5) is -0.339. The van der Waals surface area contributed by atoms with Crippen LogP contribution in [-0.2, 0) is 17.3 Å². The van der Waals surface area contributed by atoms with Crippen LogP contribution in [0.3, 0.4) is 0 Å². The quantitative estimate of drug-likeness (QED) is 0.671. The molecule has 0 aliphatic heterocycles. The minimum atomic E-state index is -4.63. The zero-order valence-electron chi connectivity index (χ0n) is 7.31. The molecule has 0 saturated heterocycles. The molecule has 1 heterocycles. The Kier molecular flexibility index (Phi) is 1.81. The molecule has 2 aromatic rings. The number of aryl methyl sites for hydroxylation is 1. The van der Waals surface area contributed by atoms with Crippen molar-refractivity contribution in [1.82, 2.24) is 9.78 Å². The summed E-state index contributed by atoms with van der Waals surface area (Å²) in [7, 11) is -2.97. The monoisotopic (exact) mass is 214 g/mol. The van der Waals surface area contributed by atoms with Gasteiger partial charge in [0.1, 0.15) is 4.90 Å². The topological polar surface area (TPSA) is 52.0 Å². The van der Waals surface area contributed by atoms with E-state index in [1.165, 1.54) is 22.9 Å². The molecule has 0 unspecified atom stereocenters. The van der Waals surface area contributed by atoms with Crippen molar-refractivity contribution in [3.05, 3.63) is 24.4 Å². The molecule has 0 saturated carbocycles. The third-order valence-electron chi connectivity index (χ3n) is 2.00. The summed E-state index contributed by atoms with van der Waals surface area (Å²) in [5.41, 5.74) is 0.587. The van der Waals surface area contributed by atoms with Crippen LogP contribution in [0.25, 0.3) is 10.9 Å². The van der Waals surface area contributed by atoms with Crippen molar-refractivity contribution in [3.63, 3.8) is 0 Å². The SMILES string of the molecule is Cn1ncc2ccc(S(=O)(=O)F)cc21. The van der Waals surface area contributed by atoms with Crippen LogP contribution in [0.5, 0.6) is 0 Å². The number of aromatic nitrogens is 2. The van der Waals surface area contributed by atoms with E-state index in [4.69, 9.17) is 0 Å². The first-order chi connectivity index (χ1) is 6.48. The molecule has 0 fully saturated rings. The van der Waals surface area contributed by atoms with Crippen LogP contribution < -0.4 is 0 Å². The first kappa shape index (κ1) is 9.14. The first-order valence-corrected chi connectivity index (χ1v) is 5.23. The Bertz CT molecular complexity index is 588. The molecule has 0 bridgehead atoms. The van der Waals surface area contributed by atoms with Gasteiger partial charge in [0.25, 0.3) is 0 Å². The molecule has 14 heavy (non-hydrogen) atoms. The maximum absolute atomic E-state index is 12.6. The molecule has 0 aliphatic rings. The van der Waals surface area contributed by atoms with Crippen LogP contribution in [0.4, 0.5) is 3.89 Å². The number of rotatable bonds is 1. The van der Waals surface area contributed by atoms with Crippen molar-refractivity contribution in [3.8, 4) is 0 Å². The molecule has 0 spiro atoms. The molecular formula is C8H7FN2O2S. The van der Waals surface area contributed by atoms with E-state index in [-0.39, 0.29) is 4.90 Å². The molecule has 0 N–H and O–H groups in total. The Labute approximate surface area is 80.2 Å². The molecule has 0 amide bonds. The fourth-order valence-corrected chi connectivity index (χ4v) is 1.76. The number of hydrogen-bond donors (Lipinski definition) is 0. The minimum Gasteiger partial charge on any atom is -0.268 e. The lowest BCUT2D eigenvalue weighted by atomic mass is 10.3. The summed E-state index contributed by atoms with van der Waals surface area (Å²) in [6.07, 6.45) is 1.59. The number of hydrogen-bond acceptors (Lipinski definition) is 3. The van der Waals surface area contributed by atoms with Crippen LogP contribution in [0.1, 0.15) is 0 Å². The van der Waals surface area contributed by atoms with E-state index < -0.39 is 10.2 Å². The summed E-state index contributed by atoms with van der Waals surface area (Å²) in [5, 5.41) is 4.70. The van der Waals surface area contributed by atoms with E-state index >= 15 is 0 Å². The average molecular weight is 214 g/mol. The van der Waals surface area contributed by atoms with Crippen LogP contribution in [0.15, 0.2) is 29.3 Å². The lowest BCUT2D eigenvalue weighted by Crippen LogP contribution is -1.93. The van der Waals surface area contributed by atoms with Crippen molar-refractivity contribution in [2.24, 2.45) is 7.05 Å². The summed E-state index contributed by atoms with van der Waals surface area (Å²) >= 11 is 0. The van der Waals surface area contributed by atoms with Gasteiger partial charge in [0.05, 0.1) is 11.7 Å². The predicted octanol–water partition coefficient (Wildman–Crippen LogP) is 1.23. The van der Waals surface area contributed by atoms with Gasteiger partial charge in [0.2, 0.25) is 0 Å². The van der Waals surface area contributed by atoms with Gasteiger partial charge in [-0.3, -0.25) is 4.68 Å². The van der Waals surface area contributed by atoms with Crippen molar-refractivity contribution in [2.75, 3.05) is 0 Å². The first-order valence-electron chi connectivity index (χ1n) is 3.85. The smallest absolute Gasteiger partial charge is 0.268 e. The van der Waals surface area contributed by atoms with E-state index in [1.54, 1.807) is 13.2 Å². The third kappa shape index (κ3) is 1.37. The standard InChI is InChI=1S/C8H7FN2O2S/c1-11-8-4-7(14(9,12)13)3-2-6(8)5-10-11/h2-5H,1H3. The summed E-state index contributed by atoms with van der Waals surface area (Å²) < 4.78 is 35.3. The molecule has 1 aromatic heterocycles. The second-order valence-electron chi connectivity index (χ2n) is 2.93. The Morgan fingerprint density at radius 2 is 2.14 bits per heavy atom. The molecule has 0 aliphatic carbocycles. The fraction of sp³-hybridized carbons (Fsp3) is 0.125. The van der Waals surface area contributed by atoms with E-state index in [2.05, 4.69) is 5.10 Å². The minimum absolute atomic E-state index is 0.339. The lowest BCUT2D eigenvalue weighted by molar-refractivity contribution is 0.552. The van der Waals surface area contributed by atoms with Gasteiger partial charge in [-0.25, -0.2) is 0 Å². The van der Waals surface area contributed by atoms with Crippen molar-refractivity contribution in [2.45, 2.75) is 4.90 Å². The Morgan fingerprint density at radius 3 is 2.79 bits per heavy atom. The van der Waals surface area contributed by atoms with Crippen LogP contribution >= 0.6 is 0 Å². The molecule has 2 rings (SSSR count). The van der Waals surface area contributed by atoms with Gasteiger partial charge < -0.3 is 0 Å². The van der Waals surface area contributed by atoms with Gasteiger partial charge in [-0.15, -0.1) is 3.89 Å². The number of nitrogens with zero attached hydrogens (tertiary/aromatic N) is 2. The molecule has 0 atom stereocenters. The van der Waals surface area contributed by atoms with Gasteiger partial charge in [0, 0.05) is 12.4 Å². The molecule has 6 heteroatoms. The van der Waals surface area contributed by atoms with Crippen LogP contribution in [0, 0.1) is 0 Å². The highest BCUT2D eigenvalue weighted by Crippen LogP contribution is 2.19. The van der Waals surface area contributed by atoms with Gasteiger partial charge in [-0.2, -0.15) is 13.5 Å². The summed E-state index contributed by atoms with van der Waals surface area (Å²) in [5.74, 6) is 0. The number of benzene rings is 1. The Hall–Kier alpha value is -1.43.